The van der Waals surface area contributed by atoms with E-state index in [1.807, 2.05) is 12.1 Å². The number of ether oxygens (including phenoxy) is 1. The quantitative estimate of drug-likeness (QED) is 0.845. The van der Waals surface area contributed by atoms with Gasteiger partial charge in [-0.2, -0.15) is 9.97 Å². The van der Waals surface area contributed by atoms with Crippen molar-refractivity contribution in [3.63, 3.8) is 0 Å². The van der Waals surface area contributed by atoms with Crippen LogP contribution in [0.1, 0.15) is 24.3 Å². The van der Waals surface area contributed by atoms with E-state index in [1.54, 1.807) is 12.3 Å². The predicted molar refractivity (Wildman–Crippen MR) is 101 cm³/mol. The minimum Gasteiger partial charge on any atom is -0.383 e. The number of H-pyrrole nitrogens is 1. The highest BCUT2D eigenvalue weighted by molar-refractivity contribution is 5.53. The van der Waals surface area contributed by atoms with Gasteiger partial charge in [0.25, 0.3) is 0 Å². The Hall–Kier alpha value is -2.61. The predicted octanol–water partition coefficient (Wildman–Crippen LogP) is 0.968. The number of piperidine rings is 1. The van der Waals surface area contributed by atoms with Gasteiger partial charge in [0.05, 0.1) is 13.2 Å². The number of morpholine rings is 1. The summed E-state index contributed by atoms with van der Waals surface area (Å²) >= 11 is 0. The molecule has 3 N–H and O–H groups in total. The van der Waals surface area contributed by atoms with Gasteiger partial charge in [0.2, 0.25) is 11.5 Å². The molecular weight excluding hydrogens is 332 g/mol. The lowest BCUT2D eigenvalue weighted by Gasteiger charge is -2.34. The molecule has 0 radical (unpaired) electrons. The van der Waals surface area contributed by atoms with E-state index in [4.69, 9.17) is 15.5 Å². The highest BCUT2D eigenvalue weighted by atomic mass is 16.5. The van der Waals surface area contributed by atoms with Gasteiger partial charge in [0.15, 0.2) is 0 Å². The maximum absolute atomic E-state index is 11.5. The third kappa shape index (κ3) is 3.65. The lowest BCUT2D eigenvalue weighted by molar-refractivity contribution is 0.122. The molecule has 0 amide bonds. The number of nitrogens with one attached hydrogen (secondary N) is 1. The second-order valence-electron chi connectivity index (χ2n) is 6.80. The van der Waals surface area contributed by atoms with E-state index in [2.05, 4.69) is 19.8 Å². The van der Waals surface area contributed by atoms with Crippen molar-refractivity contribution < 1.29 is 4.74 Å². The minimum absolute atomic E-state index is 0.0383. The Balaban J connectivity index is 1.47. The molecule has 2 fully saturated rings. The molecule has 0 aliphatic carbocycles. The van der Waals surface area contributed by atoms with Gasteiger partial charge < -0.3 is 25.3 Å². The van der Waals surface area contributed by atoms with Crippen LogP contribution in [0.25, 0.3) is 0 Å². The van der Waals surface area contributed by atoms with Gasteiger partial charge in [-0.25, -0.2) is 0 Å². The summed E-state index contributed by atoms with van der Waals surface area (Å²) < 4.78 is 5.40. The number of rotatable bonds is 3. The molecule has 2 aliphatic rings. The van der Waals surface area contributed by atoms with Crippen LogP contribution in [0.4, 0.5) is 17.6 Å². The maximum atomic E-state index is 11.5. The third-order valence-corrected chi connectivity index (χ3v) is 5.10. The van der Waals surface area contributed by atoms with Crippen LogP contribution in [0, 0.1) is 0 Å². The molecule has 8 nitrogen and oxygen atoms in total. The smallest absolute Gasteiger partial charge is 0.248 e. The normalized spacial score (nSPS) is 18.9. The minimum atomic E-state index is -0.0383. The average Bonchev–Trinajstić information content (AvgIpc) is 2.68. The molecule has 0 spiro atoms. The van der Waals surface area contributed by atoms with Crippen molar-refractivity contribution in [2.24, 2.45) is 0 Å². The number of aromatic nitrogens is 3. The zero-order chi connectivity index (χ0) is 17.9. The molecule has 2 saturated heterocycles. The van der Waals surface area contributed by atoms with E-state index in [9.17, 15) is 4.79 Å². The van der Waals surface area contributed by atoms with E-state index >= 15 is 0 Å². The highest BCUT2D eigenvalue weighted by Gasteiger charge is 2.23. The summed E-state index contributed by atoms with van der Waals surface area (Å²) in [5, 5.41) is 0. The van der Waals surface area contributed by atoms with Crippen LogP contribution in [0.2, 0.25) is 0 Å². The van der Waals surface area contributed by atoms with E-state index in [1.165, 1.54) is 0 Å². The lowest BCUT2D eigenvalue weighted by Crippen LogP contribution is -2.38. The van der Waals surface area contributed by atoms with Gasteiger partial charge in [0.1, 0.15) is 11.6 Å². The van der Waals surface area contributed by atoms with E-state index in [0.29, 0.717) is 30.9 Å². The fourth-order valence-corrected chi connectivity index (χ4v) is 3.66. The summed E-state index contributed by atoms with van der Waals surface area (Å²) in [5.41, 5.74) is 7.11. The Morgan fingerprint density at radius 1 is 1.08 bits per heavy atom. The van der Waals surface area contributed by atoms with Crippen LogP contribution in [-0.4, -0.2) is 54.3 Å². The van der Waals surface area contributed by atoms with Crippen molar-refractivity contribution in [1.29, 1.82) is 0 Å². The summed E-state index contributed by atoms with van der Waals surface area (Å²) in [7, 11) is 0. The zero-order valence-corrected chi connectivity index (χ0v) is 14.7. The molecule has 4 heterocycles. The number of hydrogen-bond donors (Lipinski definition) is 2. The van der Waals surface area contributed by atoms with E-state index in [-0.39, 0.29) is 5.56 Å². The SMILES string of the molecule is Nc1cc(N2CCC(c3cc[nH]c(=O)c3)CC2)nc(N2CCOCC2)n1. The Bertz CT molecular complexity index is 809. The second kappa shape index (κ2) is 7.33. The van der Waals surface area contributed by atoms with Crippen LogP contribution in [0.15, 0.2) is 29.2 Å². The Morgan fingerprint density at radius 3 is 2.58 bits per heavy atom. The molecule has 0 saturated carbocycles. The van der Waals surface area contributed by atoms with Gasteiger partial charge in [-0.05, 0) is 30.4 Å². The van der Waals surface area contributed by atoms with Crippen molar-refractivity contribution in [3.05, 3.63) is 40.3 Å². The van der Waals surface area contributed by atoms with Gasteiger partial charge >= 0.3 is 0 Å². The monoisotopic (exact) mass is 356 g/mol. The number of anilines is 3. The van der Waals surface area contributed by atoms with Crippen LogP contribution < -0.4 is 21.1 Å². The molecule has 0 aromatic carbocycles. The molecule has 8 heteroatoms. The summed E-state index contributed by atoms with van der Waals surface area (Å²) in [6.07, 6.45) is 3.70. The summed E-state index contributed by atoms with van der Waals surface area (Å²) in [5.74, 6) is 2.46. The lowest BCUT2D eigenvalue weighted by atomic mass is 9.90. The van der Waals surface area contributed by atoms with Crippen LogP contribution >= 0.6 is 0 Å². The Morgan fingerprint density at radius 2 is 1.85 bits per heavy atom. The van der Waals surface area contributed by atoms with Gasteiger partial charge in [-0.1, -0.05) is 0 Å². The first-order valence-corrected chi connectivity index (χ1v) is 9.10. The van der Waals surface area contributed by atoms with Crippen molar-refractivity contribution in [1.82, 2.24) is 15.0 Å². The number of hydrogen-bond acceptors (Lipinski definition) is 7. The molecule has 2 aromatic rings. The van der Waals surface area contributed by atoms with Crippen molar-refractivity contribution in [3.8, 4) is 0 Å². The molecule has 0 bridgehead atoms. The zero-order valence-electron chi connectivity index (χ0n) is 14.7. The van der Waals surface area contributed by atoms with Crippen molar-refractivity contribution >= 4 is 17.6 Å². The van der Waals surface area contributed by atoms with E-state index in [0.717, 1.165) is 50.4 Å². The number of nitrogens with two attached hydrogens (primary N) is 1. The first-order valence-electron chi connectivity index (χ1n) is 9.10. The summed E-state index contributed by atoms with van der Waals surface area (Å²) in [6, 6.07) is 5.55. The highest BCUT2D eigenvalue weighted by Crippen LogP contribution is 2.30. The molecule has 26 heavy (non-hydrogen) atoms. The topological polar surface area (TPSA) is 100 Å². The van der Waals surface area contributed by atoms with Gasteiger partial charge in [-0.15, -0.1) is 0 Å². The third-order valence-electron chi connectivity index (χ3n) is 5.10. The van der Waals surface area contributed by atoms with Gasteiger partial charge in [-0.3, -0.25) is 4.79 Å². The van der Waals surface area contributed by atoms with Crippen LogP contribution in [0.5, 0.6) is 0 Å². The molecule has 0 atom stereocenters. The molecule has 0 unspecified atom stereocenters. The molecule has 138 valence electrons. The molecular formula is C18H24N6O2. The van der Waals surface area contributed by atoms with E-state index < -0.39 is 0 Å². The van der Waals surface area contributed by atoms with Crippen LogP contribution in [-0.2, 0) is 4.74 Å². The maximum Gasteiger partial charge on any atom is 0.248 e. The van der Waals surface area contributed by atoms with Gasteiger partial charge in [0, 0.05) is 44.5 Å². The number of pyridine rings is 1. The van der Waals surface area contributed by atoms with Crippen LogP contribution in [0.3, 0.4) is 0 Å². The molecule has 4 rings (SSSR count). The Kier molecular flexibility index (Phi) is 4.75. The fraction of sp³-hybridized carbons (Fsp3) is 0.500. The largest absolute Gasteiger partial charge is 0.383 e. The number of aromatic amines is 1. The summed E-state index contributed by atoms with van der Waals surface area (Å²) in [6.45, 7) is 4.72. The molecule has 2 aliphatic heterocycles. The number of nitrogen functional groups attached to an aromatic ring is 1. The average molecular weight is 356 g/mol. The first kappa shape index (κ1) is 16.8. The van der Waals surface area contributed by atoms with Crippen molar-refractivity contribution in [2.45, 2.75) is 18.8 Å². The second-order valence-corrected chi connectivity index (χ2v) is 6.80. The fourth-order valence-electron chi connectivity index (χ4n) is 3.66. The Labute approximate surface area is 152 Å². The first-order chi connectivity index (χ1) is 12.7. The summed E-state index contributed by atoms with van der Waals surface area (Å²) in [4.78, 5) is 27.7. The van der Waals surface area contributed by atoms with Crippen molar-refractivity contribution in [2.75, 3.05) is 54.9 Å². The number of nitrogens with zero attached hydrogens (tertiary/aromatic N) is 4. The standard InChI is InChI=1S/C18H24N6O2/c19-15-12-16(22-18(21-15)24-7-9-26-10-8-24)23-5-2-13(3-6-23)14-1-4-20-17(25)11-14/h1,4,11-13H,2-3,5-10H2,(H,20,25)(H2,19,21,22). The molecule has 2 aromatic heterocycles.